The van der Waals surface area contributed by atoms with Gasteiger partial charge >= 0.3 is 5.69 Å². The summed E-state index contributed by atoms with van der Waals surface area (Å²) in [4.78, 5) is 26.8. The number of nitrogens with zero attached hydrogens (tertiary/aromatic N) is 1. The molecular formula is C32H32N2O6. The van der Waals surface area contributed by atoms with Crippen molar-refractivity contribution < 1.29 is 18.9 Å². The minimum atomic E-state index is -0.896. The average Bonchev–Trinajstić information content (AvgIpc) is 2.98. The molecule has 3 aromatic carbocycles. The third-order valence-corrected chi connectivity index (χ3v) is 6.71. The minimum absolute atomic E-state index is 0.182. The molecule has 1 aromatic heterocycles. The predicted molar refractivity (Wildman–Crippen MR) is 151 cm³/mol. The van der Waals surface area contributed by atoms with Crippen molar-refractivity contribution in [2.75, 3.05) is 6.61 Å². The summed E-state index contributed by atoms with van der Waals surface area (Å²) in [6.07, 6.45) is -1.32. The molecule has 8 heteroatoms. The van der Waals surface area contributed by atoms with Gasteiger partial charge in [0.2, 0.25) is 0 Å². The van der Waals surface area contributed by atoms with Gasteiger partial charge in [-0.2, -0.15) is 0 Å². The molecule has 2 heterocycles. The van der Waals surface area contributed by atoms with Crippen LogP contribution in [0.4, 0.5) is 0 Å². The van der Waals surface area contributed by atoms with Gasteiger partial charge in [-0.25, -0.2) is 4.79 Å². The van der Waals surface area contributed by atoms with Gasteiger partial charge in [-0.15, -0.1) is 0 Å². The van der Waals surface area contributed by atoms with Crippen molar-refractivity contribution in [1.82, 2.24) is 9.55 Å². The van der Waals surface area contributed by atoms with Crippen LogP contribution >= 0.6 is 0 Å². The van der Waals surface area contributed by atoms with Crippen molar-refractivity contribution in [2.24, 2.45) is 0 Å². The Bertz CT molecular complexity index is 1490. The second-order valence-electron chi connectivity index (χ2n) is 9.60. The van der Waals surface area contributed by atoms with Crippen LogP contribution in [0.25, 0.3) is 0 Å². The smallest absolute Gasteiger partial charge is 0.330 e. The highest BCUT2D eigenvalue weighted by molar-refractivity contribution is 5.19. The molecule has 1 saturated heterocycles. The number of H-pyrrole nitrogens is 1. The van der Waals surface area contributed by atoms with Crippen molar-refractivity contribution >= 4 is 0 Å². The molecule has 1 aliphatic rings. The van der Waals surface area contributed by atoms with Gasteiger partial charge in [0.05, 0.1) is 26.4 Å². The van der Waals surface area contributed by atoms with Crippen LogP contribution in [0.15, 0.2) is 125 Å². The number of hydrogen-bond acceptors (Lipinski definition) is 6. The minimum Gasteiger partial charge on any atom is -0.374 e. The van der Waals surface area contributed by atoms with E-state index in [-0.39, 0.29) is 6.61 Å². The summed E-state index contributed by atoms with van der Waals surface area (Å²) in [5.74, 6) is 0. The van der Waals surface area contributed by atoms with Gasteiger partial charge in [-0.1, -0.05) is 97.6 Å². The van der Waals surface area contributed by atoms with E-state index in [1.54, 1.807) is 0 Å². The largest absolute Gasteiger partial charge is 0.374 e. The number of nitrogens with one attached hydrogen (secondary N) is 1. The van der Waals surface area contributed by atoms with Gasteiger partial charge in [0.1, 0.15) is 18.3 Å². The molecule has 0 saturated carbocycles. The molecule has 1 fully saturated rings. The molecular weight excluding hydrogens is 508 g/mol. The van der Waals surface area contributed by atoms with Gasteiger partial charge in [-0.05, 0) is 16.7 Å². The number of aromatic nitrogens is 2. The Kier molecular flexibility index (Phi) is 9.15. The first-order chi connectivity index (χ1) is 19.6. The molecule has 8 nitrogen and oxygen atoms in total. The van der Waals surface area contributed by atoms with E-state index in [0.717, 1.165) is 16.7 Å². The third kappa shape index (κ3) is 6.91. The van der Waals surface area contributed by atoms with Crippen LogP contribution in [0.2, 0.25) is 0 Å². The summed E-state index contributed by atoms with van der Waals surface area (Å²) in [5.41, 5.74) is 2.41. The second-order valence-corrected chi connectivity index (χ2v) is 9.60. The molecule has 0 bridgehead atoms. The van der Waals surface area contributed by atoms with Crippen LogP contribution in [0.1, 0.15) is 22.9 Å². The van der Waals surface area contributed by atoms with Gasteiger partial charge in [-0.3, -0.25) is 14.3 Å². The topological polar surface area (TPSA) is 91.8 Å². The zero-order valence-electron chi connectivity index (χ0n) is 22.1. The van der Waals surface area contributed by atoms with Crippen molar-refractivity contribution in [3.05, 3.63) is 153 Å². The Morgan fingerprint density at radius 1 is 0.750 bits per heavy atom. The number of benzene rings is 3. The fraction of sp³-hybridized carbons (Fsp3) is 0.250. The van der Waals surface area contributed by atoms with E-state index in [9.17, 15) is 9.59 Å². The summed E-state index contributed by atoms with van der Waals surface area (Å²) in [7, 11) is 0. The van der Waals surface area contributed by atoms with Crippen LogP contribution < -0.4 is 11.2 Å². The van der Waals surface area contributed by atoms with Crippen molar-refractivity contribution in [3.8, 4) is 0 Å². The maximum Gasteiger partial charge on any atom is 0.330 e. The van der Waals surface area contributed by atoms with Crippen LogP contribution in [-0.4, -0.2) is 34.5 Å². The summed E-state index contributed by atoms with van der Waals surface area (Å²) < 4.78 is 26.7. The maximum atomic E-state index is 12.8. The molecule has 1 unspecified atom stereocenters. The maximum absolute atomic E-state index is 12.8. The molecule has 0 amide bonds. The second kappa shape index (κ2) is 13.3. The normalized spacial score (nSPS) is 20.9. The highest BCUT2D eigenvalue weighted by Gasteiger charge is 2.44. The quantitative estimate of drug-likeness (QED) is 0.284. The van der Waals surface area contributed by atoms with E-state index in [4.69, 9.17) is 18.9 Å². The van der Waals surface area contributed by atoms with Crippen molar-refractivity contribution in [3.63, 3.8) is 0 Å². The molecule has 0 radical (unpaired) electrons. The lowest BCUT2D eigenvalue weighted by Crippen LogP contribution is -2.53. The summed E-state index contributed by atoms with van der Waals surface area (Å²) in [6, 6.07) is 30.8. The van der Waals surface area contributed by atoms with Gasteiger partial charge in [0.25, 0.3) is 5.56 Å². The first-order valence-electron chi connectivity index (χ1n) is 13.2. The van der Waals surface area contributed by atoms with Crippen LogP contribution in [0.5, 0.6) is 0 Å². The fourth-order valence-electron chi connectivity index (χ4n) is 4.66. The number of hydrogen-bond donors (Lipinski definition) is 1. The molecule has 0 spiro atoms. The van der Waals surface area contributed by atoms with Crippen LogP contribution in [0.3, 0.4) is 0 Å². The van der Waals surface area contributed by atoms with Gasteiger partial charge < -0.3 is 18.9 Å². The molecule has 206 valence electrons. The van der Waals surface area contributed by atoms with Crippen LogP contribution in [0, 0.1) is 0 Å². The Labute approximate surface area is 232 Å². The van der Waals surface area contributed by atoms with Crippen molar-refractivity contribution in [1.29, 1.82) is 0 Å². The van der Waals surface area contributed by atoms with Crippen LogP contribution in [-0.2, 0) is 38.8 Å². The Morgan fingerprint density at radius 3 is 1.88 bits per heavy atom. The van der Waals surface area contributed by atoms with E-state index in [2.05, 4.69) is 11.6 Å². The highest BCUT2D eigenvalue weighted by atomic mass is 16.6. The number of ether oxygens (including phenoxy) is 4. The standard InChI is InChI=1S/C32H32N2O6/c1-23-29(38-20-25-13-7-3-8-14-25)30(39-21-26-15-9-4-10-16-26)27(22-37-19-24-11-5-2-6-12-24)40-31(23)34-18-17-28(35)33-32(34)36/h2-18,27,29-31H,1,19-22H2,(H,33,35,36)/t27-,29-,30-,31?/m1/s1. The summed E-state index contributed by atoms with van der Waals surface area (Å²) in [5, 5.41) is 0. The summed E-state index contributed by atoms with van der Waals surface area (Å²) >= 11 is 0. The third-order valence-electron chi connectivity index (χ3n) is 6.71. The SMILES string of the molecule is C=C1C(n2ccc(=O)[nH]c2=O)O[C@H](COCc2ccccc2)[C@@H](OCc2ccccc2)[C@@H]1OCc1ccccc1. The zero-order valence-corrected chi connectivity index (χ0v) is 22.1. The van der Waals surface area contributed by atoms with Crippen molar-refractivity contribution in [2.45, 2.75) is 44.4 Å². The monoisotopic (exact) mass is 540 g/mol. The van der Waals surface area contributed by atoms with E-state index in [0.29, 0.717) is 25.4 Å². The lowest BCUT2D eigenvalue weighted by atomic mass is 9.95. The fourth-order valence-corrected chi connectivity index (χ4v) is 4.66. The Hall–Kier alpha value is -4.08. The highest BCUT2D eigenvalue weighted by Crippen LogP contribution is 2.35. The molecule has 1 N–H and O–H groups in total. The molecule has 1 aliphatic heterocycles. The molecule has 4 atom stereocenters. The van der Waals surface area contributed by atoms with E-state index in [1.165, 1.54) is 16.8 Å². The zero-order chi connectivity index (χ0) is 27.7. The lowest BCUT2D eigenvalue weighted by molar-refractivity contribution is -0.209. The first-order valence-corrected chi connectivity index (χ1v) is 13.2. The molecule has 4 aromatic rings. The van der Waals surface area contributed by atoms with Gasteiger partial charge in [0.15, 0.2) is 6.23 Å². The first kappa shape index (κ1) is 27.5. The molecule has 40 heavy (non-hydrogen) atoms. The predicted octanol–water partition coefficient (Wildman–Crippen LogP) is 4.38. The van der Waals surface area contributed by atoms with Gasteiger partial charge in [0, 0.05) is 17.8 Å². The average molecular weight is 541 g/mol. The Balaban J connectivity index is 1.44. The van der Waals surface area contributed by atoms with E-state index in [1.807, 2.05) is 91.0 Å². The Morgan fingerprint density at radius 2 is 1.30 bits per heavy atom. The van der Waals surface area contributed by atoms with E-state index < -0.39 is 35.8 Å². The molecule has 5 rings (SSSR count). The summed E-state index contributed by atoms with van der Waals surface area (Å²) in [6.45, 7) is 5.47. The van der Waals surface area contributed by atoms with E-state index >= 15 is 0 Å². The molecule has 0 aliphatic carbocycles. The lowest BCUT2D eigenvalue weighted by Gasteiger charge is -2.43. The number of aromatic amines is 1. The number of rotatable bonds is 11.